The number of benzene rings is 3. The van der Waals surface area contributed by atoms with Gasteiger partial charge in [-0.3, -0.25) is 0 Å². The maximum atomic E-state index is 10.6. The minimum Gasteiger partial charge on any atom is -0.492 e. The number of aryl methyl sites for hydroxylation is 2. The van der Waals surface area contributed by atoms with Gasteiger partial charge in [0.05, 0.1) is 6.54 Å². The first-order valence-electron chi connectivity index (χ1n) is 11.4. The predicted octanol–water partition coefficient (Wildman–Crippen LogP) is 5.54. The lowest BCUT2D eigenvalue weighted by molar-refractivity contribution is -0.107. The molecule has 0 unspecified atom stereocenters. The van der Waals surface area contributed by atoms with Gasteiger partial charge in [0.15, 0.2) is 0 Å². The summed E-state index contributed by atoms with van der Waals surface area (Å²) in [6.07, 6.45) is 4.53. The fraction of sp³-hybridized carbons (Fsp3) is 0.321. The van der Waals surface area contributed by atoms with Crippen LogP contribution in [0.4, 0.5) is 5.69 Å². The van der Waals surface area contributed by atoms with E-state index in [1.54, 1.807) is 0 Å². The van der Waals surface area contributed by atoms with Gasteiger partial charge in [0.2, 0.25) is 0 Å². The van der Waals surface area contributed by atoms with Gasteiger partial charge in [-0.25, -0.2) is 0 Å². The van der Waals surface area contributed by atoms with Crippen LogP contribution in [0, 0.1) is 6.92 Å². The van der Waals surface area contributed by atoms with Crippen molar-refractivity contribution in [3.8, 4) is 11.5 Å². The highest BCUT2D eigenvalue weighted by atomic mass is 16.5. The third-order valence-electron chi connectivity index (χ3n) is 6.06. The molecule has 166 valence electrons. The molecule has 0 fully saturated rings. The van der Waals surface area contributed by atoms with Crippen molar-refractivity contribution in [3.63, 3.8) is 0 Å². The van der Waals surface area contributed by atoms with Crippen molar-refractivity contribution in [2.24, 2.45) is 0 Å². The molecule has 0 N–H and O–H groups in total. The second kappa shape index (κ2) is 10.9. The zero-order chi connectivity index (χ0) is 22.2. The highest BCUT2D eigenvalue weighted by molar-refractivity contribution is 5.58. The Labute approximate surface area is 190 Å². The molecule has 0 amide bonds. The van der Waals surface area contributed by atoms with Crippen LogP contribution in [0.15, 0.2) is 66.7 Å². The molecular weight excluding hydrogens is 398 g/mol. The first kappa shape index (κ1) is 21.9. The summed E-state index contributed by atoms with van der Waals surface area (Å²) >= 11 is 0. The average molecular weight is 430 g/mol. The molecule has 1 aliphatic rings. The number of rotatable bonds is 10. The number of hydrogen-bond donors (Lipinski definition) is 0. The second-order valence-corrected chi connectivity index (χ2v) is 8.25. The molecule has 32 heavy (non-hydrogen) atoms. The van der Waals surface area contributed by atoms with Crippen LogP contribution in [-0.2, 0) is 24.2 Å². The Morgan fingerprint density at radius 2 is 1.81 bits per heavy atom. The number of carbonyl (C=O) groups excluding carboxylic acids is 1. The summed E-state index contributed by atoms with van der Waals surface area (Å²) in [4.78, 5) is 13.1. The number of para-hydroxylation sites is 1. The topological polar surface area (TPSA) is 38.8 Å². The minimum atomic E-state index is 0.560. The largest absolute Gasteiger partial charge is 0.492 e. The Morgan fingerprint density at radius 3 is 2.62 bits per heavy atom. The fourth-order valence-corrected chi connectivity index (χ4v) is 4.35. The van der Waals surface area contributed by atoms with E-state index >= 15 is 0 Å². The van der Waals surface area contributed by atoms with E-state index in [0.29, 0.717) is 19.6 Å². The summed E-state index contributed by atoms with van der Waals surface area (Å²) in [7, 11) is 0. The van der Waals surface area contributed by atoms with Gasteiger partial charge in [-0.05, 0) is 78.8 Å². The summed E-state index contributed by atoms with van der Waals surface area (Å²) in [6.45, 7) is 5.22. The monoisotopic (exact) mass is 429 g/mol. The Kier molecular flexibility index (Phi) is 7.44. The van der Waals surface area contributed by atoms with E-state index < -0.39 is 0 Å². The summed E-state index contributed by atoms with van der Waals surface area (Å²) in [6, 6.07) is 22.7. The Morgan fingerprint density at radius 1 is 0.938 bits per heavy atom. The van der Waals surface area contributed by atoms with Gasteiger partial charge < -0.3 is 19.2 Å². The molecule has 1 heterocycles. The first-order chi connectivity index (χ1) is 15.7. The summed E-state index contributed by atoms with van der Waals surface area (Å²) < 4.78 is 12.1. The smallest absolute Gasteiger partial charge is 0.120 e. The lowest BCUT2D eigenvalue weighted by atomic mass is 9.96. The minimum absolute atomic E-state index is 0.560. The Hall–Kier alpha value is -3.27. The van der Waals surface area contributed by atoms with Crippen molar-refractivity contribution >= 4 is 12.0 Å². The van der Waals surface area contributed by atoms with Crippen molar-refractivity contribution < 1.29 is 14.3 Å². The molecule has 0 saturated carbocycles. The van der Waals surface area contributed by atoms with E-state index in [4.69, 9.17) is 9.47 Å². The number of fused-ring (bicyclic) bond motifs is 1. The summed E-state index contributed by atoms with van der Waals surface area (Å²) in [5.41, 5.74) is 6.31. The number of aldehydes is 1. The van der Waals surface area contributed by atoms with Crippen LogP contribution in [0.2, 0.25) is 0 Å². The first-order valence-corrected chi connectivity index (χ1v) is 11.4. The van der Waals surface area contributed by atoms with Crippen LogP contribution in [0.25, 0.3) is 0 Å². The predicted molar refractivity (Wildman–Crippen MR) is 129 cm³/mol. The molecule has 0 atom stereocenters. The van der Waals surface area contributed by atoms with Gasteiger partial charge in [0.1, 0.15) is 31.0 Å². The van der Waals surface area contributed by atoms with E-state index in [9.17, 15) is 4.79 Å². The second-order valence-electron chi connectivity index (χ2n) is 8.25. The molecule has 1 aliphatic heterocycles. The normalized spacial score (nSPS) is 12.8. The molecule has 4 rings (SSSR count). The number of nitrogens with zero attached hydrogens (tertiary/aromatic N) is 1. The van der Waals surface area contributed by atoms with Gasteiger partial charge in [-0.1, -0.05) is 36.4 Å². The quantitative estimate of drug-likeness (QED) is 0.397. The highest BCUT2D eigenvalue weighted by Gasteiger charge is 2.19. The van der Waals surface area contributed by atoms with Crippen molar-refractivity contribution in [1.82, 2.24) is 0 Å². The molecule has 0 spiro atoms. The lowest BCUT2D eigenvalue weighted by Gasteiger charge is -2.32. The standard InChI is InChI=1S/C28H31NO3/c1-22-20-26(15-14-23(22)9-7-18-30)32-21-24-8-5-13-28-27(24)12-6-16-29(28)17-19-31-25-10-3-2-4-11-25/h2-5,8,10-11,13-15,18,20H,6-7,9,12,16-17,19,21H2,1H3. The van der Waals surface area contributed by atoms with Gasteiger partial charge in [0.25, 0.3) is 0 Å². The maximum absolute atomic E-state index is 10.6. The molecule has 4 heteroatoms. The van der Waals surface area contributed by atoms with E-state index in [1.807, 2.05) is 36.4 Å². The average Bonchev–Trinajstić information content (AvgIpc) is 2.83. The molecule has 0 aliphatic carbocycles. The zero-order valence-electron chi connectivity index (χ0n) is 18.8. The fourth-order valence-electron chi connectivity index (χ4n) is 4.35. The molecule has 0 aromatic heterocycles. The number of anilines is 1. The van der Waals surface area contributed by atoms with Crippen LogP contribution in [0.1, 0.15) is 35.1 Å². The van der Waals surface area contributed by atoms with Gasteiger partial charge in [0, 0.05) is 18.7 Å². The van der Waals surface area contributed by atoms with E-state index in [2.05, 4.69) is 42.2 Å². The Balaban J connectivity index is 1.39. The SMILES string of the molecule is Cc1cc(OCc2cccc3c2CCCN3CCOc2ccccc2)ccc1CCC=O. The summed E-state index contributed by atoms with van der Waals surface area (Å²) in [5.74, 6) is 1.79. The van der Waals surface area contributed by atoms with E-state index in [0.717, 1.165) is 50.1 Å². The molecule has 0 bridgehead atoms. The lowest BCUT2D eigenvalue weighted by Crippen LogP contribution is -2.33. The van der Waals surface area contributed by atoms with Crippen molar-refractivity contribution in [2.75, 3.05) is 24.6 Å². The molecule has 0 saturated heterocycles. The van der Waals surface area contributed by atoms with E-state index in [-0.39, 0.29) is 0 Å². The highest BCUT2D eigenvalue weighted by Crippen LogP contribution is 2.31. The molecule has 3 aromatic carbocycles. The molecular formula is C28H31NO3. The van der Waals surface area contributed by atoms with Crippen molar-refractivity contribution in [2.45, 2.75) is 39.2 Å². The summed E-state index contributed by atoms with van der Waals surface area (Å²) in [5, 5.41) is 0. The van der Waals surface area contributed by atoms with Crippen molar-refractivity contribution in [1.29, 1.82) is 0 Å². The number of ether oxygens (including phenoxy) is 2. The Bertz CT molecular complexity index is 1030. The van der Waals surface area contributed by atoms with Crippen molar-refractivity contribution in [3.05, 3.63) is 89.0 Å². The maximum Gasteiger partial charge on any atom is 0.120 e. The van der Waals surface area contributed by atoms with Crippen LogP contribution in [0.5, 0.6) is 11.5 Å². The zero-order valence-corrected chi connectivity index (χ0v) is 18.8. The third-order valence-corrected chi connectivity index (χ3v) is 6.06. The van der Waals surface area contributed by atoms with Gasteiger partial charge >= 0.3 is 0 Å². The molecule has 3 aromatic rings. The number of carbonyl (C=O) groups is 1. The van der Waals surface area contributed by atoms with Crippen LogP contribution in [0.3, 0.4) is 0 Å². The van der Waals surface area contributed by atoms with Gasteiger partial charge in [-0.2, -0.15) is 0 Å². The molecule has 0 radical (unpaired) electrons. The van der Waals surface area contributed by atoms with Crippen LogP contribution >= 0.6 is 0 Å². The van der Waals surface area contributed by atoms with Crippen LogP contribution < -0.4 is 14.4 Å². The van der Waals surface area contributed by atoms with Crippen LogP contribution in [-0.4, -0.2) is 26.0 Å². The number of hydrogen-bond acceptors (Lipinski definition) is 4. The van der Waals surface area contributed by atoms with Gasteiger partial charge in [-0.15, -0.1) is 0 Å². The molecule has 4 nitrogen and oxygen atoms in total. The van der Waals surface area contributed by atoms with E-state index in [1.165, 1.54) is 27.9 Å². The third kappa shape index (κ3) is 5.50.